The molecule has 1 amide bonds. The van der Waals surface area contributed by atoms with E-state index >= 15 is 0 Å². The first kappa shape index (κ1) is 17.5. The zero-order chi connectivity index (χ0) is 18.6. The van der Waals surface area contributed by atoms with Gasteiger partial charge in [-0.15, -0.1) is 0 Å². The van der Waals surface area contributed by atoms with Crippen LogP contribution in [0.4, 0.5) is 11.6 Å². The Morgan fingerprint density at radius 3 is 2.81 bits per heavy atom. The van der Waals surface area contributed by atoms with Crippen LogP contribution in [0, 0.1) is 0 Å². The van der Waals surface area contributed by atoms with Crippen LogP contribution in [-0.4, -0.2) is 22.4 Å². The number of rotatable bonds is 4. The van der Waals surface area contributed by atoms with Crippen molar-refractivity contribution < 1.29 is 4.79 Å². The molecule has 1 N–H and O–H groups in total. The molecule has 0 unspecified atom stereocenters. The largest absolute Gasteiger partial charge is 0.350 e. The van der Waals surface area contributed by atoms with Crippen LogP contribution < -0.4 is 10.2 Å². The highest BCUT2D eigenvalue weighted by atomic mass is 35.5. The fourth-order valence-electron chi connectivity index (χ4n) is 3.26. The molecule has 0 fully saturated rings. The second-order valence-corrected chi connectivity index (χ2v) is 6.81. The number of benzene rings is 2. The number of anilines is 2. The summed E-state index contributed by atoms with van der Waals surface area (Å²) >= 11 is 6.18. The SMILES string of the molecule is O=C(c1ccnc(NCc2ccccc2Cl)n1)N1CCCc2ccccc21. The van der Waals surface area contributed by atoms with E-state index in [9.17, 15) is 4.79 Å². The smallest absolute Gasteiger partial charge is 0.277 e. The number of carbonyl (C=O) groups is 1. The number of fused-ring (bicyclic) bond motifs is 1. The molecular weight excluding hydrogens is 360 g/mol. The summed E-state index contributed by atoms with van der Waals surface area (Å²) in [6.07, 6.45) is 3.55. The van der Waals surface area contributed by atoms with Crippen LogP contribution in [0.1, 0.15) is 28.0 Å². The van der Waals surface area contributed by atoms with Gasteiger partial charge in [0.1, 0.15) is 5.69 Å². The predicted octanol–water partition coefficient (Wildman–Crippen LogP) is 4.34. The fraction of sp³-hybridized carbons (Fsp3) is 0.190. The maximum absolute atomic E-state index is 13.0. The van der Waals surface area contributed by atoms with E-state index in [4.69, 9.17) is 11.6 Å². The highest BCUT2D eigenvalue weighted by Crippen LogP contribution is 2.27. The van der Waals surface area contributed by atoms with E-state index in [0.717, 1.165) is 24.1 Å². The molecule has 1 aromatic heterocycles. The molecule has 4 rings (SSSR count). The monoisotopic (exact) mass is 378 g/mol. The van der Waals surface area contributed by atoms with Crippen molar-refractivity contribution in [3.8, 4) is 0 Å². The van der Waals surface area contributed by atoms with E-state index in [0.29, 0.717) is 29.8 Å². The number of halogens is 1. The van der Waals surface area contributed by atoms with E-state index in [1.165, 1.54) is 5.56 Å². The molecule has 0 atom stereocenters. The summed E-state index contributed by atoms with van der Waals surface area (Å²) in [5.74, 6) is 0.302. The zero-order valence-electron chi connectivity index (χ0n) is 14.7. The van der Waals surface area contributed by atoms with Crippen LogP contribution in [0.2, 0.25) is 5.02 Å². The normalized spacial score (nSPS) is 13.1. The van der Waals surface area contributed by atoms with Crippen molar-refractivity contribution in [1.29, 1.82) is 0 Å². The number of aryl methyl sites for hydroxylation is 1. The maximum Gasteiger partial charge on any atom is 0.277 e. The number of hydrogen-bond acceptors (Lipinski definition) is 4. The van der Waals surface area contributed by atoms with Gasteiger partial charge in [0, 0.05) is 30.0 Å². The van der Waals surface area contributed by atoms with E-state index in [2.05, 4.69) is 21.4 Å². The third-order valence-electron chi connectivity index (χ3n) is 4.62. The average molecular weight is 379 g/mol. The number of aromatic nitrogens is 2. The van der Waals surface area contributed by atoms with Gasteiger partial charge in [-0.1, -0.05) is 48.0 Å². The molecule has 3 aromatic rings. The first-order chi connectivity index (χ1) is 13.2. The van der Waals surface area contributed by atoms with Gasteiger partial charge < -0.3 is 10.2 Å². The van der Waals surface area contributed by atoms with Gasteiger partial charge in [-0.25, -0.2) is 9.97 Å². The standard InChI is InChI=1S/C21H19ClN4O/c22-17-9-3-1-7-16(17)14-24-21-23-12-11-18(25-21)20(27)26-13-5-8-15-6-2-4-10-19(15)26/h1-4,6-7,9-12H,5,8,13-14H2,(H,23,24,25). The fourth-order valence-corrected chi connectivity index (χ4v) is 3.46. The van der Waals surface area contributed by atoms with Crippen LogP contribution in [-0.2, 0) is 13.0 Å². The maximum atomic E-state index is 13.0. The molecule has 27 heavy (non-hydrogen) atoms. The van der Waals surface area contributed by atoms with E-state index in [1.54, 1.807) is 17.2 Å². The number of carbonyl (C=O) groups excluding carboxylic acids is 1. The van der Waals surface area contributed by atoms with Crippen molar-refractivity contribution in [3.05, 3.63) is 82.6 Å². The number of nitrogens with one attached hydrogen (secondary N) is 1. The lowest BCUT2D eigenvalue weighted by Gasteiger charge is -2.29. The Hall–Kier alpha value is -2.92. The second kappa shape index (κ2) is 7.76. The van der Waals surface area contributed by atoms with Crippen molar-refractivity contribution >= 4 is 29.1 Å². The summed E-state index contributed by atoms with van der Waals surface area (Å²) in [6.45, 7) is 1.19. The Morgan fingerprint density at radius 2 is 1.93 bits per heavy atom. The van der Waals surface area contributed by atoms with Crippen LogP contribution in [0.25, 0.3) is 0 Å². The number of amides is 1. The molecule has 6 heteroatoms. The van der Waals surface area contributed by atoms with E-state index in [1.807, 2.05) is 42.5 Å². The van der Waals surface area contributed by atoms with Crippen LogP contribution in [0.15, 0.2) is 60.8 Å². The molecule has 0 bridgehead atoms. The molecule has 0 spiro atoms. The number of nitrogens with zero attached hydrogens (tertiary/aromatic N) is 3. The van der Waals surface area contributed by atoms with Crippen LogP contribution in [0.3, 0.4) is 0 Å². The quantitative estimate of drug-likeness (QED) is 0.733. The molecule has 0 radical (unpaired) electrons. The minimum atomic E-state index is -0.106. The molecule has 5 nitrogen and oxygen atoms in total. The first-order valence-electron chi connectivity index (χ1n) is 8.92. The average Bonchev–Trinajstić information content (AvgIpc) is 2.72. The Balaban J connectivity index is 1.53. The van der Waals surface area contributed by atoms with E-state index < -0.39 is 0 Å². The molecule has 1 aliphatic heterocycles. The van der Waals surface area contributed by atoms with Crippen LogP contribution >= 0.6 is 11.6 Å². The van der Waals surface area contributed by atoms with Gasteiger partial charge in [0.15, 0.2) is 0 Å². The molecule has 136 valence electrons. The molecular formula is C21H19ClN4O. The van der Waals surface area contributed by atoms with Gasteiger partial charge >= 0.3 is 0 Å². The predicted molar refractivity (Wildman–Crippen MR) is 107 cm³/mol. The number of hydrogen-bond donors (Lipinski definition) is 1. The summed E-state index contributed by atoms with van der Waals surface area (Å²) in [7, 11) is 0. The second-order valence-electron chi connectivity index (χ2n) is 6.40. The minimum Gasteiger partial charge on any atom is -0.350 e. The third-order valence-corrected chi connectivity index (χ3v) is 4.99. The molecule has 2 aromatic carbocycles. The van der Waals surface area contributed by atoms with Crippen molar-refractivity contribution in [3.63, 3.8) is 0 Å². The van der Waals surface area contributed by atoms with Crippen LogP contribution in [0.5, 0.6) is 0 Å². The lowest BCUT2D eigenvalue weighted by atomic mass is 10.0. The van der Waals surface area contributed by atoms with Gasteiger partial charge in [-0.05, 0) is 42.2 Å². The summed E-state index contributed by atoms with van der Waals surface area (Å²) in [5.41, 5.74) is 3.49. The van der Waals surface area contributed by atoms with Crippen molar-refractivity contribution in [2.75, 3.05) is 16.8 Å². The lowest BCUT2D eigenvalue weighted by molar-refractivity contribution is 0.0980. The summed E-state index contributed by atoms with van der Waals surface area (Å²) in [6, 6.07) is 17.3. The van der Waals surface area contributed by atoms with Gasteiger partial charge in [0.25, 0.3) is 5.91 Å². The zero-order valence-corrected chi connectivity index (χ0v) is 15.5. The Kier molecular flexibility index (Phi) is 5.03. The highest BCUT2D eigenvalue weighted by molar-refractivity contribution is 6.31. The van der Waals surface area contributed by atoms with E-state index in [-0.39, 0.29) is 5.91 Å². The molecule has 0 saturated carbocycles. The van der Waals surface area contributed by atoms with Crippen molar-refractivity contribution in [2.45, 2.75) is 19.4 Å². The summed E-state index contributed by atoms with van der Waals surface area (Å²) < 4.78 is 0. The molecule has 0 saturated heterocycles. The summed E-state index contributed by atoms with van der Waals surface area (Å²) in [4.78, 5) is 23.5. The summed E-state index contributed by atoms with van der Waals surface area (Å²) in [5, 5.41) is 3.82. The minimum absolute atomic E-state index is 0.106. The van der Waals surface area contributed by atoms with Crippen molar-refractivity contribution in [1.82, 2.24) is 9.97 Å². The number of para-hydroxylation sites is 1. The van der Waals surface area contributed by atoms with Gasteiger partial charge in [-0.2, -0.15) is 0 Å². The Morgan fingerprint density at radius 1 is 1.11 bits per heavy atom. The molecule has 2 heterocycles. The Bertz CT molecular complexity index is 976. The van der Waals surface area contributed by atoms with Crippen molar-refractivity contribution in [2.24, 2.45) is 0 Å². The topological polar surface area (TPSA) is 58.1 Å². The first-order valence-corrected chi connectivity index (χ1v) is 9.30. The van der Waals surface area contributed by atoms with Gasteiger partial charge in [0.2, 0.25) is 5.95 Å². The molecule has 0 aliphatic carbocycles. The Labute approximate surface area is 163 Å². The van der Waals surface area contributed by atoms with Gasteiger partial charge in [0.05, 0.1) is 0 Å². The highest BCUT2D eigenvalue weighted by Gasteiger charge is 2.24. The lowest BCUT2D eigenvalue weighted by Crippen LogP contribution is -2.36. The van der Waals surface area contributed by atoms with Gasteiger partial charge in [-0.3, -0.25) is 4.79 Å². The third kappa shape index (κ3) is 3.78. The molecule has 1 aliphatic rings.